The number of carbonyl (C=O) groups excluding carboxylic acids is 1. The molecule has 1 aliphatic rings. The fourth-order valence-corrected chi connectivity index (χ4v) is 3.01. The predicted molar refractivity (Wildman–Crippen MR) is 91.7 cm³/mol. The molecule has 2 N–H and O–H groups in total. The van der Waals surface area contributed by atoms with Gasteiger partial charge in [-0.15, -0.1) is 0 Å². The van der Waals surface area contributed by atoms with Gasteiger partial charge >= 0.3 is 0 Å². The summed E-state index contributed by atoms with van der Waals surface area (Å²) in [7, 11) is 0. The summed E-state index contributed by atoms with van der Waals surface area (Å²) in [6.45, 7) is 3.72. The SMILES string of the molecule is CC1(C)OCCn2c1nc(C(=O)NCc1c(F)cccc1Cl)c(O)c2=O. The molecule has 0 unspecified atom stereocenters. The minimum absolute atomic E-state index is 0.0975. The molecule has 2 heterocycles. The monoisotopic (exact) mass is 381 g/mol. The van der Waals surface area contributed by atoms with E-state index in [1.165, 1.54) is 22.8 Å². The molecule has 1 aliphatic heterocycles. The van der Waals surface area contributed by atoms with E-state index in [0.29, 0.717) is 6.61 Å². The van der Waals surface area contributed by atoms with Gasteiger partial charge in [0.1, 0.15) is 17.2 Å². The Morgan fingerprint density at radius 2 is 2.23 bits per heavy atom. The topological polar surface area (TPSA) is 93.5 Å². The van der Waals surface area contributed by atoms with Crippen molar-refractivity contribution < 1.29 is 19.0 Å². The van der Waals surface area contributed by atoms with Gasteiger partial charge in [-0.3, -0.25) is 14.2 Å². The lowest BCUT2D eigenvalue weighted by molar-refractivity contribution is -0.0566. The van der Waals surface area contributed by atoms with Crippen LogP contribution in [0.3, 0.4) is 0 Å². The normalized spacial score (nSPS) is 15.4. The fraction of sp³-hybridized carbons (Fsp3) is 0.353. The molecule has 0 saturated carbocycles. The minimum atomic E-state index is -0.894. The number of halogens is 2. The molecule has 0 saturated heterocycles. The lowest BCUT2D eigenvalue weighted by Gasteiger charge is -2.32. The first kappa shape index (κ1) is 18.3. The summed E-state index contributed by atoms with van der Waals surface area (Å²) in [6.07, 6.45) is 0. The van der Waals surface area contributed by atoms with E-state index in [2.05, 4.69) is 10.3 Å². The van der Waals surface area contributed by atoms with Crippen molar-refractivity contribution >= 4 is 17.5 Å². The molecule has 0 fully saturated rings. The second-order valence-electron chi connectivity index (χ2n) is 6.33. The highest BCUT2D eigenvalue weighted by molar-refractivity contribution is 6.31. The fourth-order valence-electron chi connectivity index (χ4n) is 2.78. The number of amides is 1. The van der Waals surface area contributed by atoms with Crippen LogP contribution < -0.4 is 10.9 Å². The van der Waals surface area contributed by atoms with Gasteiger partial charge in [-0.1, -0.05) is 17.7 Å². The molecule has 0 bridgehead atoms. The highest BCUT2D eigenvalue weighted by atomic mass is 35.5. The van der Waals surface area contributed by atoms with Gasteiger partial charge in [0.15, 0.2) is 5.69 Å². The molecule has 138 valence electrons. The average molecular weight is 382 g/mol. The molecule has 1 aromatic carbocycles. The maximum absolute atomic E-state index is 13.8. The molecule has 0 atom stereocenters. The molecule has 0 radical (unpaired) electrons. The second kappa shape index (κ2) is 6.69. The number of ether oxygens (including phenoxy) is 1. The van der Waals surface area contributed by atoms with Gasteiger partial charge < -0.3 is 15.2 Å². The summed E-state index contributed by atoms with van der Waals surface area (Å²) in [4.78, 5) is 28.9. The number of hydrogen-bond acceptors (Lipinski definition) is 5. The molecular formula is C17H17ClFN3O4. The first-order chi connectivity index (χ1) is 12.2. The van der Waals surface area contributed by atoms with E-state index in [1.54, 1.807) is 13.8 Å². The molecule has 0 aliphatic carbocycles. The zero-order chi connectivity index (χ0) is 19.1. The summed E-state index contributed by atoms with van der Waals surface area (Å²) in [6, 6.07) is 4.16. The number of benzene rings is 1. The van der Waals surface area contributed by atoms with Crippen molar-refractivity contribution in [1.29, 1.82) is 0 Å². The van der Waals surface area contributed by atoms with Gasteiger partial charge in [-0.05, 0) is 26.0 Å². The van der Waals surface area contributed by atoms with E-state index in [9.17, 15) is 19.1 Å². The van der Waals surface area contributed by atoms with Crippen LogP contribution in [-0.4, -0.2) is 27.2 Å². The Hall–Kier alpha value is -2.45. The van der Waals surface area contributed by atoms with Crippen LogP contribution in [-0.2, 0) is 23.4 Å². The Balaban J connectivity index is 1.93. The predicted octanol–water partition coefficient (Wildman–Crippen LogP) is 1.94. The molecular weight excluding hydrogens is 365 g/mol. The molecule has 7 nitrogen and oxygen atoms in total. The first-order valence-corrected chi connectivity index (χ1v) is 8.29. The molecule has 0 spiro atoms. The number of aromatic nitrogens is 2. The van der Waals surface area contributed by atoms with E-state index >= 15 is 0 Å². The quantitative estimate of drug-likeness (QED) is 0.847. The lowest BCUT2D eigenvalue weighted by atomic mass is 10.1. The lowest BCUT2D eigenvalue weighted by Crippen LogP contribution is -2.42. The number of carbonyl (C=O) groups is 1. The maximum atomic E-state index is 13.8. The van der Waals surface area contributed by atoms with Gasteiger partial charge in [0, 0.05) is 17.1 Å². The average Bonchev–Trinajstić information content (AvgIpc) is 2.57. The smallest absolute Gasteiger partial charge is 0.296 e. The highest BCUT2D eigenvalue weighted by Gasteiger charge is 2.34. The van der Waals surface area contributed by atoms with Crippen molar-refractivity contribution in [1.82, 2.24) is 14.9 Å². The van der Waals surface area contributed by atoms with Crippen molar-refractivity contribution in [3.05, 3.63) is 56.5 Å². The highest BCUT2D eigenvalue weighted by Crippen LogP contribution is 2.27. The zero-order valence-corrected chi connectivity index (χ0v) is 14.9. The van der Waals surface area contributed by atoms with Crippen LogP contribution >= 0.6 is 11.6 Å². The van der Waals surface area contributed by atoms with E-state index in [1.807, 2.05) is 0 Å². The van der Waals surface area contributed by atoms with Crippen molar-refractivity contribution in [3.63, 3.8) is 0 Å². The number of aromatic hydroxyl groups is 1. The third kappa shape index (κ3) is 3.17. The van der Waals surface area contributed by atoms with E-state index in [4.69, 9.17) is 16.3 Å². The van der Waals surface area contributed by atoms with Crippen molar-refractivity contribution in [2.24, 2.45) is 0 Å². The molecule has 3 rings (SSSR count). The Labute approximate surface area is 153 Å². The van der Waals surface area contributed by atoms with E-state index in [-0.39, 0.29) is 29.5 Å². The van der Waals surface area contributed by atoms with Crippen LogP contribution in [0.5, 0.6) is 5.75 Å². The third-order valence-corrected chi connectivity index (χ3v) is 4.52. The van der Waals surface area contributed by atoms with Gasteiger partial charge in [-0.25, -0.2) is 9.37 Å². The molecule has 1 aromatic heterocycles. The standard InChI is InChI=1S/C17H17ClFN3O4/c1-17(2)16-21-12(13(23)15(25)22(16)6-7-26-17)14(24)20-8-9-10(18)4-3-5-11(9)19/h3-5,23H,6-8H2,1-2H3,(H,20,24). The number of rotatable bonds is 3. The van der Waals surface area contributed by atoms with E-state index in [0.717, 1.165) is 0 Å². The minimum Gasteiger partial charge on any atom is -0.501 e. The van der Waals surface area contributed by atoms with Crippen LogP contribution in [0.15, 0.2) is 23.0 Å². The van der Waals surface area contributed by atoms with Crippen LogP contribution in [0, 0.1) is 5.82 Å². The number of nitrogens with one attached hydrogen (secondary N) is 1. The van der Waals surface area contributed by atoms with Crippen LogP contribution in [0.2, 0.25) is 5.02 Å². The zero-order valence-electron chi connectivity index (χ0n) is 14.2. The van der Waals surface area contributed by atoms with Crippen molar-refractivity contribution in [2.75, 3.05) is 6.61 Å². The number of hydrogen-bond donors (Lipinski definition) is 2. The summed E-state index contributed by atoms with van der Waals surface area (Å²) in [5.41, 5.74) is -1.96. The molecule has 2 aromatic rings. The molecule has 26 heavy (non-hydrogen) atoms. The summed E-state index contributed by atoms with van der Waals surface area (Å²) >= 11 is 5.92. The second-order valence-corrected chi connectivity index (χ2v) is 6.74. The Morgan fingerprint density at radius 3 is 2.92 bits per heavy atom. The summed E-state index contributed by atoms with van der Waals surface area (Å²) in [5, 5.41) is 12.7. The van der Waals surface area contributed by atoms with Gasteiger partial charge in [-0.2, -0.15) is 0 Å². The van der Waals surface area contributed by atoms with Crippen LogP contribution in [0.25, 0.3) is 0 Å². The Morgan fingerprint density at radius 1 is 1.50 bits per heavy atom. The maximum Gasteiger partial charge on any atom is 0.296 e. The number of nitrogens with zero attached hydrogens (tertiary/aromatic N) is 2. The largest absolute Gasteiger partial charge is 0.501 e. The summed E-state index contributed by atoms with van der Waals surface area (Å²) < 4.78 is 20.7. The summed E-state index contributed by atoms with van der Waals surface area (Å²) in [5.74, 6) is -1.91. The van der Waals surface area contributed by atoms with Gasteiger partial charge in [0.2, 0.25) is 5.75 Å². The first-order valence-electron chi connectivity index (χ1n) is 7.91. The van der Waals surface area contributed by atoms with Crippen molar-refractivity contribution in [3.8, 4) is 5.75 Å². The Bertz CT molecular complexity index is 922. The van der Waals surface area contributed by atoms with E-state index < -0.39 is 34.3 Å². The Kier molecular flexibility index (Phi) is 4.72. The van der Waals surface area contributed by atoms with Gasteiger partial charge in [0.25, 0.3) is 11.5 Å². The van der Waals surface area contributed by atoms with Gasteiger partial charge in [0.05, 0.1) is 13.2 Å². The number of fused-ring (bicyclic) bond motifs is 1. The molecule has 1 amide bonds. The van der Waals surface area contributed by atoms with Crippen LogP contribution in [0.1, 0.15) is 35.7 Å². The van der Waals surface area contributed by atoms with Crippen LogP contribution in [0.4, 0.5) is 4.39 Å². The molecule has 9 heteroatoms. The van der Waals surface area contributed by atoms with Crippen molar-refractivity contribution in [2.45, 2.75) is 32.5 Å². The third-order valence-electron chi connectivity index (χ3n) is 4.16.